The van der Waals surface area contributed by atoms with E-state index < -0.39 is 12.6 Å². The van der Waals surface area contributed by atoms with E-state index in [9.17, 15) is 18.8 Å². The topological polar surface area (TPSA) is 66.9 Å². The van der Waals surface area contributed by atoms with Gasteiger partial charge in [-0.2, -0.15) is 0 Å². The number of benzene rings is 2. The zero-order chi connectivity index (χ0) is 20.8. The first-order chi connectivity index (χ1) is 13.9. The Morgan fingerprint density at radius 1 is 1.14 bits per heavy atom. The lowest BCUT2D eigenvalue weighted by molar-refractivity contribution is -0.133. The first kappa shape index (κ1) is 20.5. The van der Waals surface area contributed by atoms with Gasteiger partial charge in [-0.25, -0.2) is 9.18 Å². The monoisotopic (exact) mass is 398 g/mol. The van der Waals surface area contributed by atoms with E-state index in [1.54, 1.807) is 42.3 Å². The van der Waals surface area contributed by atoms with Crippen LogP contribution >= 0.6 is 0 Å². The van der Waals surface area contributed by atoms with Gasteiger partial charge in [0, 0.05) is 33.1 Å². The fraction of sp³-hybridized carbons (Fsp3) is 0.318. The van der Waals surface area contributed by atoms with Crippen molar-refractivity contribution in [2.45, 2.75) is 25.9 Å². The molecule has 152 valence electrons. The number of amides is 2. The molecule has 1 aliphatic heterocycles. The first-order valence-corrected chi connectivity index (χ1v) is 9.44. The van der Waals surface area contributed by atoms with Crippen LogP contribution in [0.3, 0.4) is 0 Å². The molecule has 0 N–H and O–H groups in total. The highest BCUT2D eigenvalue weighted by Crippen LogP contribution is 2.15. The molecule has 1 heterocycles. The van der Waals surface area contributed by atoms with Gasteiger partial charge < -0.3 is 14.5 Å². The highest BCUT2D eigenvalue weighted by molar-refractivity contribution is 5.91. The van der Waals surface area contributed by atoms with Crippen LogP contribution in [0, 0.1) is 5.82 Å². The summed E-state index contributed by atoms with van der Waals surface area (Å²) >= 11 is 0. The summed E-state index contributed by atoms with van der Waals surface area (Å²) in [7, 11) is 1.56. The number of likely N-dealkylation sites (N-methyl/N-ethyl adjacent to an activating group) is 1. The molecule has 3 rings (SSSR count). The van der Waals surface area contributed by atoms with E-state index >= 15 is 0 Å². The minimum atomic E-state index is -0.605. The third-order valence-corrected chi connectivity index (χ3v) is 4.77. The van der Waals surface area contributed by atoms with Crippen LogP contribution in [0.2, 0.25) is 0 Å². The molecule has 0 aliphatic carbocycles. The number of carbonyl (C=O) groups excluding carboxylic acids is 3. The van der Waals surface area contributed by atoms with Crippen molar-refractivity contribution in [1.82, 2.24) is 9.80 Å². The number of nitrogens with zero attached hydrogens (tertiary/aromatic N) is 2. The van der Waals surface area contributed by atoms with Gasteiger partial charge in [0.15, 0.2) is 6.61 Å². The summed E-state index contributed by atoms with van der Waals surface area (Å²) in [5.41, 5.74) is 1.82. The predicted molar refractivity (Wildman–Crippen MR) is 104 cm³/mol. The fourth-order valence-corrected chi connectivity index (χ4v) is 3.21. The molecular formula is C22H23FN2O4. The van der Waals surface area contributed by atoms with Crippen molar-refractivity contribution >= 4 is 17.8 Å². The second-order valence-electron chi connectivity index (χ2n) is 7.08. The molecule has 7 heteroatoms. The van der Waals surface area contributed by atoms with E-state index in [1.807, 2.05) is 6.07 Å². The summed E-state index contributed by atoms with van der Waals surface area (Å²) < 4.78 is 18.4. The van der Waals surface area contributed by atoms with E-state index in [-0.39, 0.29) is 24.2 Å². The molecule has 0 aromatic heterocycles. The standard InChI is InChI=1S/C22H23FN2O4/c1-24(13-17-6-3-8-19(23)12-17)21(27)15-29-22(28)18-7-2-5-16(11-18)14-25-10-4-9-20(25)26/h2-3,5-8,11-12H,4,9-10,13-15H2,1H3. The Hall–Kier alpha value is -3.22. The molecular weight excluding hydrogens is 375 g/mol. The van der Waals surface area contributed by atoms with Crippen molar-refractivity contribution in [3.63, 3.8) is 0 Å². The summed E-state index contributed by atoms with van der Waals surface area (Å²) in [6, 6.07) is 12.8. The third kappa shape index (κ3) is 5.63. The number of likely N-dealkylation sites (tertiary alicyclic amines) is 1. The molecule has 0 spiro atoms. The average Bonchev–Trinajstić information content (AvgIpc) is 3.10. The third-order valence-electron chi connectivity index (χ3n) is 4.77. The lowest BCUT2D eigenvalue weighted by Gasteiger charge is -2.17. The van der Waals surface area contributed by atoms with Gasteiger partial charge in [-0.05, 0) is 41.8 Å². The van der Waals surface area contributed by atoms with Crippen molar-refractivity contribution in [2.75, 3.05) is 20.2 Å². The van der Waals surface area contributed by atoms with E-state index in [1.165, 1.54) is 17.0 Å². The Kier molecular flexibility index (Phi) is 6.59. The number of esters is 1. The molecule has 0 radical (unpaired) electrons. The van der Waals surface area contributed by atoms with Crippen molar-refractivity contribution in [3.05, 3.63) is 71.0 Å². The maximum absolute atomic E-state index is 13.2. The van der Waals surface area contributed by atoms with Gasteiger partial charge >= 0.3 is 5.97 Å². The maximum atomic E-state index is 13.2. The Morgan fingerprint density at radius 2 is 1.90 bits per heavy atom. The van der Waals surface area contributed by atoms with Gasteiger partial charge in [-0.15, -0.1) is 0 Å². The molecule has 0 atom stereocenters. The summed E-state index contributed by atoms with van der Waals surface area (Å²) in [5, 5.41) is 0. The summed E-state index contributed by atoms with van der Waals surface area (Å²) in [6.45, 7) is 0.988. The normalized spacial score (nSPS) is 13.4. The molecule has 0 bridgehead atoms. The Balaban J connectivity index is 1.52. The minimum absolute atomic E-state index is 0.116. The van der Waals surface area contributed by atoms with Crippen molar-refractivity contribution in [2.24, 2.45) is 0 Å². The molecule has 2 aromatic rings. The van der Waals surface area contributed by atoms with Gasteiger partial charge in [0.1, 0.15) is 5.82 Å². The lowest BCUT2D eigenvalue weighted by atomic mass is 10.1. The van der Waals surface area contributed by atoms with Crippen molar-refractivity contribution < 1.29 is 23.5 Å². The summed E-state index contributed by atoms with van der Waals surface area (Å²) in [6.07, 6.45) is 1.42. The second-order valence-corrected chi connectivity index (χ2v) is 7.08. The summed E-state index contributed by atoms with van der Waals surface area (Å²) in [5.74, 6) is -1.25. The van der Waals surface area contributed by atoms with Gasteiger partial charge in [0.25, 0.3) is 5.91 Å². The Labute approximate surface area is 168 Å². The predicted octanol–water partition coefficient (Wildman–Crippen LogP) is 2.76. The number of carbonyl (C=O) groups is 3. The maximum Gasteiger partial charge on any atom is 0.338 e. The highest BCUT2D eigenvalue weighted by atomic mass is 19.1. The quantitative estimate of drug-likeness (QED) is 0.673. The van der Waals surface area contributed by atoms with Crippen LogP contribution in [-0.4, -0.2) is 47.8 Å². The zero-order valence-electron chi connectivity index (χ0n) is 16.3. The van der Waals surface area contributed by atoms with Gasteiger partial charge in [-0.3, -0.25) is 9.59 Å². The Bertz CT molecular complexity index is 915. The molecule has 2 aromatic carbocycles. The molecule has 0 unspecified atom stereocenters. The van der Waals surface area contributed by atoms with E-state index in [0.29, 0.717) is 24.1 Å². The molecule has 29 heavy (non-hydrogen) atoms. The zero-order valence-corrected chi connectivity index (χ0v) is 16.3. The van der Waals surface area contributed by atoms with E-state index in [0.717, 1.165) is 18.5 Å². The van der Waals surface area contributed by atoms with Crippen LogP contribution in [-0.2, 0) is 27.4 Å². The SMILES string of the molecule is CN(Cc1cccc(F)c1)C(=O)COC(=O)c1cccc(CN2CCCC2=O)c1. The number of hydrogen-bond donors (Lipinski definition) is 0. The van der Waals surface area contributed by atoms with Crippen LogP contribution in [0.25, 0.3) is 0 Å². The van der Waals surface area contributed by atoms with E-state index in [4.69, 9.17) is 4.74 Å². The fourth-order valence-electron chi connectivity index (χ4n) is 3.21. The van der Waals surface area contributed by atoms with Crippen LogP contribution < -0.4 is 0 Å². The van der Waals surface area contributed by atoms with Crippen molar-refractivity contribution in [3.8, 4) is 0 Å². The van der Waals surface area contributed by atoms with Crippen molar-refractivity contribution in [1.29, 1.82) is 0 Å². The minimum Gasteiger partial charge on any atom is -0.452 e. The molecule has 1 fully saturated rings. The average molecular weight is 398 g/mol. The van der Waals surface area contributed by atoms with Crippen LogP contribution in [0.5, 0.6) is 0 Å². The van der Waals surface area contributed by atoms with Gasteiger partial charge in [0.2, 0.25) is 5.91 Å². The number of hydrogen-bond acceptors (Lipinski definition) is 4. The Morgan fingerprint density at radius 3 is 2.62 bits per heavy atom. The van der Waals surface area contributed by atoms with Gasteiger partial charge in [0.05, 0.1) is 5.56 Å². The molecule has 0 saturated carbocycles. The van der Waals surface area contributed by atoms with E-state index in [2.05, 4.69) is 0 Å². The number of ether oxygens (including phenoxy) is 1. The number of rotatable bonds is 7. The van der Waals surface area contributed by atoms with Crippen LogP contribution in [0.1, 0.15) is 34.3 Å². The second kappa shape index (κ2) is 9.32. The summed E-state index contributed by atoms with van der Waals surface area (Å²) in [4.78, 5) is 39.4. The molecule has 6 nitrogen and oxygen atoms in total. The molecule has 1 aliphatic rings. The van der Waals surface area contributed by atoms with Crippen LogP contribution in [0.4, 0.5) is 4.39 Å². The molecule has 1 saturated heterocycles. The lowest BCUT2D eigenvalue weighted by Crippen LogP contribution is -2.30. The largest absolute Gasteiger partial charge is 0.452 e. The first-order valence-electron chi connectivity index (χ1n) is 9.44. The van der Waals surface area contributed by atoms with Gasteiger partial charge in [-0.1, -0.05) is 24.3 Å². The highest BCUT2D eigenvalue weighted by Gasteiger charge is 2.20. The molecule has 2 amide bonds. The van der Waals surface area contributed by atoms with Crippen LogP contribution in [0.15, 0.2) is 48.5 Å². The smallest absolute Gasteiger partial charge is 0.338 e. The number of halogens is 1.